The molecule has 2 N–H and O–H groups in total. The van der Waals surface area contributed by atoms with Gasteiger partial charge in [-0.15, -0.1) is 0 Å². The lowest BCUT2D eigenvalue weighted by Crippen LogP contribution is -2.38. The number of anilines is 1. The SMILES string of the molecule is C=CC(=O)N[C@@H]1CCCC(n2c(NC(=O)c3cccc(C(F)(F)F)c3)nc3cc(C)ccc32)C1. The molecule has 0 aliphatic heterocycles. The van der Waals surface area contributed by atoms with Crippen molar-refractivity contribution in [2.24, 2.45) is 0 Å². The number of hydrogen-bond acceptors (Lipinski definition) is 3. The molecule has 2 atom stereocenters. The lowest BCUT2D eigenvalue weighted by atomic mass is 9.90. The number of imidazole rings is 1. The molecule has 1 aromatic heterocycles. The molecule has 0 spiro atoms. The largest absolute Gasteiger partial charge is 0.416 e. The quantitative estimate of drug-likeness (QED) is 0.490. The van der Waals surface area contributed by atoms with E-state index in [9.17, 15) is 22.8 Å². The van der Waals surface area contributed by atoms with Crippen molar-refractivity contribution in [2.45, 2.75) is 50.9 Å². The number of aromatic nitrogens is 2. The summed E-state index contributed by atoms with van der Waals surface area (Å²) in [5, 5.41) is 5.66. The number of halogens is 3. The summed E-state index contributed by atoms with van der Waals surface area (Å²) in [6.45, 7) is 5.43. The summed E-state index contributed by atoms with van der Waals surface area (Å²) in [6.07, 6.45) is -0.182. The first-order valence-corrected chi connectivity index (χ1v) is 11.1. The first kappa shape index (κ1) is 23.5. The van der Waals surface area contributed by atoms with E-state index in [-0.39, 0.29) is 29.5 Å². The van der Waals surface area contributed by atoms with Crippen molar-refractivity contribution in [3.63, 3.8) is 0 Å². The van der Waals surface area contributed by atoms with E-state index in [1.807, 2.05) is 29.7 Å². The maximum Gasteiger partial charge on any atom is 0.416 e. The van der Waals surface area contributed by atoms with Crippen LogP contribution in [-0.4, -0.2) is 27.4 Å². The summed E-state index contributed by atoms with van der Waals surface area (Å²) in [4.78, 5) is 29.3. The minimum Gasteiger partial charge on any atom is -0.350 e. The molecule has 3 aromatic rings. The van der Waals surface area contributed by atoms with Crippen LogP contribution in [0.2, 0.25) is 0 Å². The number of amides is 2. The van der Waals surface area contributed by atoms with Crippen LogP contribution in [0.4, 0.5) is 19.1 Å². The summed E-state index contributed by atoms with van der Waals surface area (Å²) in [5.41, 5.74) is 1.48. The zero-order valence-corrected chi connectivity index (χ0v) is 18.7. The average molecular weight is 470 g/mol. The van der Waals surface area contributed by atoms with Crippen LogP contribution in [0.15, 0.2) is 55.1 Å². The number of rotatable bonds is 5. The topological polar surface area (TPSA) is 76.0 Å². The van der Waals surface area contributed by atoms with Gasteiger partial charge in [0.2, 0.25) is 11.9 Å². The van der Waals surface area contributed by atoms with Crippen LogP contribution < -0.4 is 10.6 Å². The van der Waals surface area contributed by atoms with Gasteiger partial charge in [-0.1, -0.05) is 18.7 Å². The highest BCUT2D eigenvalue weighted by Crippen LogP contribution is 2.35. The fourth-order valence-corrected chi connectivity index (χ4v) is 4.47. The van der Waals surface area contributed by atoms with Crippen molar-refractivity contribution in [3.05, 3.63) is 71.8 Å². The lowest BCUT2D eigenvalue weighted by Gasteiger charge is -2.31. The molecule has 0 radical (unpaired) electrons. The van der Waals surface area contributed by atoms with E-state index >= 15 is 0 Å². The number of nitrogens with one attached hydrogen (secondary N) is 2. The van der Waals surface area contributed by atoms with Crippen LogP contribution in [0.1, 0.15) is 53.2 Å². The maximum absolute atomic E-state index is 13.1. The van der Waals surface area contributed by atoms with Gasteiger partial charge in [-0.25, -0.2) is 4.98 Å². The molecule has 1 unspecified atom stereocenters. The molecule has 0 bridgehead atoms. The van der Waals surface area contributed by atoms with Gasteiger partial charge in [0.15, 0.2) is 0 Å². The van der Waals surface area contributed by atoms with Crippen molar-refractivity contribution >= 4 is 28.8 Å². The van der Waals surface area contributed by atoms with Gasteiger partial charge in [0, 0.05) is 17.6 Å². The summed E-state index contributed by atoms with van der Waals surface area (Å²) in [6, 6.07) is 9.94. The molecule has 2 aromatic carbocycles. The third-order valence-electron chi connectivity index (χ3n) is 6.07. The van der Waals surface area contributed by atoms with Gasteiger partial charge < -0.3 is 9.88 Å². The zero-order valence-electron chi connectivity index (χ0n) is 18.7. The number of aryl methyl sites for hydroxylation is 1. The van der Waals surface area contributed by atoms with E-state index in [0.717, 1.165) is 42.5 Å². The molecule has 6 nitrogen and oxygen atoms in total. The normalized spacial score (nSPS) is 18.5. The Hall–Kier alpha value is -3.62. The fourth-order valence-electron chi connectivity index (χ4n) is 4.47. The molecule has 9 heteroatoms. The highest BCUT2D eigenvalue weighted by molar-refractivity contribution is 6.04. The molecular weight excluding hydrogens is 445 g/mol. The van der Waals surface area contributed by atoms with Crippen LogP contribution >= 0.6 is 0 Å². The molecule has 1 aliphatic carbocycles. The number of benzene rings is 2. The van der Waals surface area contributed by atoms with E-state index in [1.165, 1.54) is 18.2 Å². The first-order chi connectivity index (χ1) is 16.2. The summed E-state index contributed by atoms with van der Waals surface area (Å²) in [7, 11) is 0. The minimum atomic E-state index is -4.55. The second-order valence-corrected chi connectivity index (χ2v) is 8.56. The molecule has 1 fully saturated rings. The van der Waals surface area contributed by atoms with Crippen molar-refractivity contribution in [3.8, 4) is 0 Å². The van der Waals surface area contributed by atoms with Crippen LogP contribution in [0, 0.1) is 6.92 Å². The first-order valence-electron chi connectivity index (χ1n) is 11.1. The number of hydrogen-bond donors (Lipinski definition) is 2. The molecule has 178 valence electrons. The van der Waals surface area contributed by atoms with Gasteiger partial charge >= 0.3 is 6.18 Å². The van der Waals surface area contributed by atoms with E-state index < -0.39 is 17.6 Å². The molecule has 2 amide bonds. The van der Waals surface area contributed by atoms with Crippen molar-refractivity contribution in [2.75, 3.05) is 5.32 Å². The number of carbonyl (C=O) groups excluding carboxylic acids is 2. The highest BCUT2D eigenvalue weighted by atomic mass is 19.4. The van der Waals surface area contributed by atoms with E-state index in [4.69, 9.17) is 0 Å². The predicted molar refractivity (Wildman–Crippen MR) is 123 cm³/mol. The van der Waals surface area contributed by atoms with Gasteiger partial charge in [-0.3, -0.25) is 14.9 Å². The van der Waals surface area contributed by atoms with Crippen molar-refractivity contribution in [1.29, 1.82) is 0 Å². The zero-order chi connectivity index (χ0) is 24.5. The van der Waals surface area contributed by atoms with E-state index in [1.54, 1.807) is 0 Å². The van der Waals surface area contributed by atoms with Crippen LogP contribution in [-0.2, 0) is 11.0 Å². The maximum atomic E-state index is 13.1. The van der Waals surface area contributed by atoms with Crippen LogP contribution in [0.25, 0.3) is 11.0 Å². The van der Waals surface area contributed by atoms with Crippen LogP contribution in [0.3, 0.4) is 0 Å². The third kappa shape index (κ3) is 4.98. The Balaban J connectivity index is 1.68. The Kier molecular flexibility index (Phi) is 6.45. The Labute approximate surface area is 194 Å². The number of alkyl halides is 3. The second kappa shape index (κ2) is 9.32. The Morgan fingerprint density at radius 3 is 2.71 bits per heavy atom. The Morgan fingerprint density at radius 1 is 1.18 bits per heavy atom. The molecule has 1 heterocycles. The molecule has 1 saturated carbocycles. The van der Waals surface area contributed by atoms with Crippen molar-refractivity contribution in [1.82, 2.24) is 14.9 Å². The number of carbonyl (C=O) groups is 2. The highest BCUT2D eigenvalue weighted by Gasteiger charge is 2.31. The average Bonchev–Trinajstić information content (AvgIpc) is 3.15. The third-order valence-corrected chi connectivity index (χ3v) is 6.07. The van der Waals surface area contributed by atoms with Gasteiger partial charge in [-0.2, -0.15) is 13.2 Å². The second-order valence-electron chi connectivity index (χ2n) is 8.56. The van der Waals surface area contributed by atoms with Gasteiger partial charge in [0.05, 0.1) is 16.6 Å². The molecule has 34 heavy (non-hydrogen) atoms. The van der Waals surface area contributed by atoms with Crippen molar-refractivity contribution < 1.29 is 22.8 Å². The molecule has 0 saturated heterocycles. The van der Waals surface area contributed by atoms with Gasteiger partial charge in [0.1, 0.15) is 0 Å². The minimum absolute atomic E-state index is 0.0563. The molecular formula is C25H25F3N4O2. The molecule has 1 aliphatic rings. The lowest BCUT2D eigenvalue weighted by molar-refractivity contribution is -0.137. The van der Waals surface area contributed by atoms with Gasteiger partial charge in [-0.05, 0) is 74.6 Å². The number of nitrogens with zero attached hydrogens (tertiary/aromatic N) is 2. The Bertz CT molecular complexity index is 1250. The fraction of sp³-hybridized carbons (Fsp3) is 0.320. The van der Waals surface area contributed by atoms with E-state index in [0.29, 0.717) is 11.9 Å². The summed E-state index contributed by atoms with van der Waals surface area (Å²) >= 11 is 0. The molecule has 4 rings (SSSR count). The standard InChI is InChI=1S/C25H25F3N4O2/c1-3-22(33)29-18-8-5-9-19(14-18)32-21-11-10-15(2)12-20(21)30-24(32)31-23(34)16-6-4-7-17(13-16)25(26,27)28/h3-4,6-7,10-13,18-19H,1,5,8-9,14H2,2H3,(H,29,33)(H,30,31,34)/t18-,19?/m1/s1. The number of fused-ring (bicyclic) bond motifs is 1. The summed E-state index contributed by atoms with van der Waals surface area (Å²) < 4.78 is 41.3. The smallest absolute Gasteiger partial charge is 0.350 e. The van der Waals surface area contributed by atoms with E-state index in [2.05, 4.69) is 22.2 Å². The van der Waals surface area contributed by atoms with Gasteiger partial charge in [0.25, 0.3) is 5.91 Å². The monoisotopic (exact) mass is 470 g/mol. The Morgan fingerprint density at radius 2 is 1.97 bits per heavy atom. The van der Waals surface area contributed by atoms with Crippen LogP contribution in [0.5, 0.6) is 0 Å². The summed E-state index contributed by atoms with van der Waals surface area (Å²) in [5.74, 6) is -0.648. The predicted octanol–water partition coefficient (Wildman–Crippen LogP) is 5.40.